The first-order valence-electron chi connectivity index (χ1n) is 5.43. The summed E-state index contributed by atoms with van der Waals surface area (Å²) >= 11 is 0. The molecule has 0 spiro atoms. The lowest BCUT2D eigenvalue weighted by Crippen LogP contribution is -2.37. The average molecular weight is 328 g/mol. The highest BCUT2D eigenvalue weighted by atomic mass is 127. The van der Waals surface area contributed by atoms with Crippen LogP contribution in [0.4, 0.5) is 0 Å². The van der Waals surface area contributed by atoms with Crippen molar-refractivity contribution in [3.8, 4) is 0 Å². The molecule has 0 fully saturated rings. The molecule has 0 atom stereocenters. The van der Waals surface area contributed by atoms with E-state index in [1.165, 1.54) is 0 Å². The van der Waals surface area contributed by atoms with Gasteiger partial charge in [-0.05, 0) is 20.0 Å². The van der Waals surface area contributed by atoms with Gasteiger partial charge in [0.2, 0.25) is 0 Å². The Hall–Kier alpha value is -0.0400. The SMILES string of the molecule is CCCCN=C(N)NCCN(C)CC.I. The molecule has 0 aliphatic carbocycles. The van der Waals surface area contributed by atoms with Crippen molar-refractivity contribution in [3.05, 3.63) is 0 Å². The van der Waals surface area contributed by atoms with Crippen LogP contribution in [0.5, 0.6) is 0 Å². The number of nitrogens with two attached hydrogens (primary N) is 1. The fourth-order valence-electron chi connectivity index (χ4n) is 0.946. The van der Waals surface area contributed by atoms with Gasteiger partial charge in [-0.25, -0.2) is 0 Å². The molecular formula is C10H25IN4. The van der Waals surface area contributed by atoms with Gasteiger partial charge in [0.25, 0.3) is 0 Å². The molecular weight excluding hydrogens is 303 g/mol. The maximum Gasteiger partial charge on any atom is 0.188 e. The van der Waals surface area contributed by atoms with Gasteiger partial charge < -0.3 is 16.0 Å². The molecule has 0 amide bonds. The third-order valence-electron chi connectivity index (χ3n) is 2.13. The Bertz CT molecular complexity index is 162. The van der Waals surface area contributed by atoms with E-state index in [1.807, 2.05) is 0 Å². The molecule has 0 saturated heterocycles. The summed E-state index contributed by atoms with van der Waals surface area (Å²) in [5, 5.41) is 3.09. The highest BCUT2D eigenvalue weighted by molar-refractivity contribution is 14.0. The third kappa shape index (κ3) is 11.9. The van der Waals surface area contributed by atoms with Gasteiger partial charge in [0.15, 0.2) is 5.96 Å². The third-order valence-corrected chi connectivity index (χ3v) is 2.13. The van der Waals surface area contributed by atoms with Crippen LogP contribution >= 0.6 is 24.0 Å². The highest BCUT2D eigenvalue weighted by Crippen LogP contribution is 1.85. The van der Waals surface area contributed by atoms with Crippen molar-refractivity contribution in [1.82, 2.24) is 10.2 Å². The van der Waals surface area contributed by atoms with Gasteiger partial charge in [-0.2, -0.15) is 0 Å². The summed E-state index contributed by atoms with van der Waals surface area (Å²) in [4.78, 5) is 6.43. The smallest absolute Gasteiger partial charge is 0.188 e. The van der Waals surface area contributed by atoms with E-state index in [0.717, 1.165) is 39.0 Å². The second-order valence-electron chi connectivity index (χ2n) is 3.44. The lowest BCUT2D eigenvalue weighted by molar-refractivity contribution is 0.357. The van der Waals surface area contributed by atoms with Crippen LogP contribution in [0.25, 0.3) is 0 Å². The first kappa shape index (κ1) is 17.4. The molecule has 0 aromatic rings. The lowest BCUT2D eigenvalue weighted by Gasteiger charge is -2.14. The molecule has 0 saturated carbocycles. The van der Waals surface area contributed by atoms with Crippen LogP contribution in [-0.2, 0) is 0 Å². The van der Waals surface area contributed by atoms with E-state index in [2.05, 4.69) is 36.1 Å². The Balaban J connectivity index is 0. The van der Waals surface area contributed by atoms with Crippen molar-refractivity contribution >= 4 is 29.9 Å². The van der Waals surface area contributed by atoms with E-state index in [-0.39, 0.29) is 24.0 Å². The van der Waals surface area contributed by atoms with E-state index in [1.54, 1.807) is 0 Å². The summed E-state index contributed by atoms with van der Waals surface area (Å²) < 4.78 is 0. The van der Waals surface area contributed by atoms with Gasteiger partial charge in [-0.3, -0.25) is 4.99 Å². The number of guanidine groups is 1. The number of unbranched alkanes of at least 4 members (excludes halogenated alkanes) is 1. The molecule has 0 radical (unpaired) electrons. The van der Waals surface area contributed by atoms with Crippen molar-refractivity contribution in [2.45, 2.75) is 26.7 Å². The van der Waals surface area contributed by atoms with Crippen molar-refractivity contribution in [2.75, 3.05) is 33.2 Å². The predicted molar refractivity (Wildman–Crippen MR) is 78.0 cm³/mol. The van der Waals surface area contributed by atoms with Crippen molar-refractivity contribution in [3.63, 3.8) is 0 Å². The summed E-state index contributed by atoms with van der Waals surface area (Å²) in [7, 11) is 2.09. The molecule has 92 valence electrons. The van der Waals surface area contributed by atoms with Gasteiger partial charge in [-0.15, -0.1) is 24.0 Å². The topological polar surface area (TPSA) is 53.6 Å². The van der Waals surface area contributed by atoms with Crippen LogP contribution in [0.1, 0.15) is 26.7 Å². The summed E-state index contributed by atoms with van der Waals surface area (Å²) in [6, 6.07) is 0. The largest absolute Gasteiger partial charge is 0.370 e. The summed E-state index contributed by atoms with van der Waals surface area (Å²) in [5.74, 6) is 0.572. The first-order chi connectivity index (χ1) is 6.70. The zero-order chi connectivity index (χ0) is 10.8. The van der Waals surface area contributed by atoms with Gasteiger partial charge in [-0.1, -0.05) is 20.3 Å². The van der Waals surface area contributed by atoms with E-state index in [0.29, 0.717) is 5.96 Å². The van der Waals surface area contributed by atoms with Crippen LogP contribution in [0.15, 0.2) is 4.99 Å². The molecule has 0 aromatic heterocycles. The van der Waals surface area contributed by atoms with Crippen LogP contribution in [0.3, 0.4) is 0 Å². The molecule has 5 heteroatoms. The Kier molecular flexibility index (Phi) is 13.9. The standard InChI is InChI=1S/C10H24N4.HI/c1-4-6-7-12-10(11)13-8-9-14(3)5-2;/h4-9H2,1-3H3,(H3,11,12,13);1H. The minimum atomic E-state index is 0. The van der Waals surface area contributed by atoms with Crippen LogP contribution in [0, 0.1) is 0 Å². The number of halogens is 1. The molecule has 0 heterocycles. The maximum atomic E-state index is 5.66. The van der Waals surface area contributed by atoms with Gasteiger partial charge in [0.05, 0.1) is 0 Å². The monoisotopic (exact) mass is 328 g/mol. The number of aliphatic imine (C=N–C) groups is 1. The van der Waals surface area contributed by atoms with Crippen LogP contribution in [0.2, 0.25) is 0 Å². The number of likely N-dealkylation sites (N-methyl/N-ethyl adjacent to an activating group) is 1. The number of hydrogen-bond acceptors (Lipinski definition) is 2. The maximum absolute atomic E-state index is 5.66. The number of hydrogen-bond donors (Lipinski definition) is 2. The summed E-state index contributed by atoms with van der Waals surface area (Å²) in [6.07, 6.45) is 2.27. The predicted octanol–water partition coefficient (Wildman–Crippen LogP) is 1.26. The fraction of sp³-hybridized carbons (Fsp3) is 0.900. The summed E-state index contributed by atoms with van der Waals surface area (Å²) in [6.45, 7) is 8.05. The van der Waals surface area contributed by atoms with Crippen molar-refractivity contribution in [2.24, 2.45) is 10.7 Å². The molecule has 4 nitrogen and oxygen atoms in total. The fourth-order valence-corrected chi connectivity index (χ4v) is 0.946. The molecule has 0 bridgehead atoms. The van der Waals surface area contributed by atoms with E-state index >= 15 is 0 Å². The Morgan fingerprint density at radius 3 is 2.60 bits per heavy atom. The van der Waals surface area contributed by atoms with Gasteiger partial charge in [0.1, 0.15) is 0 Å². The molecule has 0 rings (SSSR count). The van der Waals surface area contributed by atoms with E-state index in [9.17, 15) is 0 Å². The second-order valence-corrected chi connectivity index (χ2v) is 3.44. The van der Waals surface area contributed by atoms with Gasteiger partial charge in [0, 0.05) is 19.6 Å². The highest BCUT2D eigenvalue weighted by Gasteiger charge is 1.94. The molecule has 0 aliphatic rings. The number of nitrogens with zero attached hydrogens (tertiary/aromatic N) is 2. The minimum absolute atomic E-state index is 0. The zero-order valence-corrected chi connectivity index (χ0v) is 12.5. The van der Waals surface area contributed by atoms with Crippen LogP contribution in [-0.4, -0.2) is 44.1 Å². The number of nitrogens with one attached hydrogen (secondary N) is 1. The van der Waals surface area contributed by atoms with Crippen molar-refractivity contribution < 1.29 is 0 Å². The minimum Gasteiger partial charge on any atom is -0.370 e. The molecule has 0 unspecified atom stereocenters. The summed E-state index contributed by atoms with van der Waals surface area (Å²) in [5.41, 5.74) is 5.66. The van der Waals surface area contributed by atoms with E-state index < -0.39 is 0 Å². The number of rotatable bonds is 7. The van der Waals surface area contributed by atoms with E-state index in [4.69, 9.17) is 5.73 Å². The molecule has 3 N–H and O–H groups in total. The Labute approximate surface area is 111 Å². The first-order valence-corrected chi connectivity index (χ1v) is 5.43. The molecule has 15 heavy (non-hydrogen) atoms. The van der Waals surface area contributed by atoms with Crippen molar-refractivity contribution in [1.29, 1.82) is 0 Å². The van der Waals surface area contributed by atoms with Crippen LogP contribution < -0.4 is 11.1 Å². The normalized spacial score (nSPS) is 11.3. The average Bonchev–Trinajstić information content (AvgIpc) is 2.18. The van der Waals surface area contributed by atoms with Gasteiger partial charge >= 0.3 is 0 Å². The molecule has 0 aliphatic heterocycles. The Morgan fingerprint density at radius 2 is 2.07 bits per heavy atom. The lowest BCUT2D eigenvalue weighted by atomic mass is 10.3. The molecule has 0 aromatic carbocycles. The zero-order valence-electron chi connectivity index (χ0n) is 10.1. The quantitative estimate of drug-likeness (QED) is 0.320. The second kappa shape index (κ2) is 12.0. The Morgan fingerprint density at radius 1 is 1.40 bits per heavy atom.